The number of benzene rings is 1. The van der Waals surface area contributed by atoms with Crippen molar-refractivity contribution < 1.29 is 8.42 Å². The van der Waals surface area contributed by atoms with Gasteiger partial charge in [-0.2, -0.15) is 4.31 Å². The lowest BCUT2D eigenvalue weighted by atomic mass is 10.3. The standard InChI is InChI=1S/C15H18N2O2S2/c18-21(19,15-8-4-13-20-15)17-10-5-9-16(11-12-17)14-6-2-1-3-7-14/h1-4,6-8,13H,5,9-12H2. The molecule has 0 unspecified atom stereocenters. The zero-order valence-corrected chi connectivity index (χ0v) is 13.3. The van der Waals surface area contributed by atoms with Crippen LogP contribution in [0.25, 0.3) is 0 Å². The van der Waals surface area contributed by atoms with Crippen LogP contribution in [0.1, 0.15) is 6.42 Å². The summed E-state index contributed by atoms with van der Waals surface area (Å²) in [4.78, 5) is 2.25. The third kappa shape index (κ3) is 3.12. The van der Waals surface area contributed by atoms with Gasteiger partial charge in [0.05, 0.1) is 0 Å². The van der Waals surface area contributed by atoms with E-state index in [4.69, 9.17) is 0 Å². The van der Waals surface area contributed by atoms with Crippen LogP contribution in [0.5, 0.6) is 0 Å². The Balaban J connectivity index is 1.75. The summed E-state index contributed by atoms with van der Waals surface area (Å²) in [6.07, 6.45) is 0.847. The van der Waals surface area contributed by atoms with Gasteiger partial charge in [0.15, 0.2) is 0 Å². The third-order valence-corrected chi connectivity index (χ3v) is 6.94. The molecule has 1 aliphatic heterocycles. The first-order chi connectivity index (χ1) is 10.2. The lowest BCUT2D eigenvalue weighted by molar-refractivity contribution is 0.434. The average molecular weight is 322 g/mol. The molecular formula is C15H18N2O2S2. The van der Waals surface area contributed by atoms with Crippen molar-refractivity contribution in [2.75, 3.05) is 31.1 Å². The van der Waals surface area contributed by atoms with E-state index in [9.17, 15) is 8.42 Å². The Labute approximate surface area is 129 Å². The van der Waals surface area contributed by atoms with Gasteiger partial charge in [0, 0.05) is 31.9 Å². The third-order valence-electron chi connectivity index (χ3n) is 3.67. The van der Waals surface area contributed by atoms with Gasteiger partial charge in [-0.1, -0.05) is 24.3 Å². The molecule has 1 aliphatic rings. The molecule has 21 heavy (non-hydrogen) atoms. The maximum atomic E-state index is 12.6. The summed E-state index contributed by atoms with van der Waals surface area (Å²) in [5.41, 5.74) is 1.16. The van der Waals surface area contributed by atoms with Crippen LogP contribution in [-0.4, -0.2) is 38.9 Å². The molecule has 1 saturated heterocycles. The van der Waals surface area contributed by atoms with Crippen molar-refractivity contribution in [2.45, 2.75) is 10.6 Å². The predicted octanol–water partition coefficient (Wildman–Crippen LogP) is 2.65. The largest absolute Gasteiger partial charge is 0.370 e. The smallest absolute Gasteiger partial charge is 0.252 e. The van der Waals surface area contributed by atoms with Gasteiger partial charge in [0.25, 0.3) is 10.0 Å². The topological polar surface area (TPSA) is 40.6 Å². The van der Waals surface area contributed by atoms with Gasteiger partial charge < -0.3 is 4.90 Å². The number of hydrogen-bond donors (Lipinski definition) is 0. The number of sulfonamides is 1. The molecule has 6 heteroatoms. The van der Waals surface area contributed by atoms with E-state index >= 15 is 0 Å². The molecule has 0 spiro atoms. The van der Waals surface area contributed by atoms with Crippen molar-refractivity contribution in [3.63, 3.8) is 0 Å². The number of thiophene rings is 1. The molecule has 0 atom stereocenters. The Bertz CT molecular complexity index is 669. The van der Waals surface area contributed by atoms with Crippen LogP contribution in [0, 0.1) is 0 Å². The summed E-state index contributed by atoms with van der Waals surface area (Å²) < 4.78 is 27.2. The van der Waals surface area contributed by atoms with E-state index in [-0.39, 0.29) is 0 Å². The van der Waals surface area contributed by atoms with Crippen molar-refractivity contribution in [1.29, 1.82) is 0 Å². The minimum Gasteiger partial charge on any atom is -0.370 e. The molecule has 4 nitrogen and oxygen atoms in total. The van der Waals surface area contributed by atoms with E-state index in [1.165, 1.54) is 11.3 Å². The fraction of sp³-hybridized carbons (Fsp3) is 0.333. The Kier molecular flexibility index (Phi) is 4.28. The molecule has 1 fully saturated rings. The normalized spacial score (nSPS) is 17.6. The highest BCUT2D eigenvalue weighted by molar-refractivity contribution is 7.91. The van der Waals surface area contributed by atoms with Crippen LogP contribution in [0.2, 0.25) is 0 Å². The molecule has 0 N–H and O–H groups in total. The first kappa shape index (κ1) is 14.6. The second-order valence-electron chi connectivity index (χ2n) is 5.01. The quantitative estimate of drug-likeness (QED) is 0.872. The number of rotatable bonds is 3. The SMILES string of the molecule is O=S(=O)(c1cccs1)N1CCCN(c2ccccc2)CC1. The Morgan fingerprint density at radius 3 is 2.43 bits per heavy atom. The lowest BCUT2D eigenvalue weighted by Crippen LogP contribution is -2.34. The molecule has 2 heterocycles. The van der Waals surface area contributed by atoms with Crippen LogP contribution in [-0.2, 0) is 10.0 Å². The number of nitrogens with zero attached hydrogens (tertiary/aromatic N) is 2. The minimum atomic E-state index is -3.32. The highest BCUT2D eigenvalue weighted by Gasteiger charge is 2.27. The summed E-state index contributed by atoms with van der Waals surface area (Å²) in [6, 6.07) is 13.6. The summed E-state index contributed by atoms with van der Waals surface area (Å²) in [6.45, 7) is 2.74. The van der Waals surface area contributed by atoms with Crippen molar-refractivity contribution in [2.24, 2.45) is 0 Å². The fourth-order valence-electron chi connectivity index (χ4n) is 2.57. The van der Waals surface area contributed by atoms with Crippen LogP contribution >= 0.6 is 11.3 Å². The molecule has 0 bridgehead atoms. The zero-order valence-electron chi connectivity index (χ0n) is 11.7. The Morgan fingerprint density at radius 1 is 0.905 bits per heavy atom. The van der Waals surface area contributed by atoms with Crippen molar-refractivity contribution in [3.05, 3.63) is 47.8 Å². The number of hydrogen-bond acceptors (Lipinski definition) is 4. The van der Waals surface area contributed by atoms with Gasteiger partial charge in [0.2, 0.25) is 0 Å². The maximum absolute atomic E-state index is 12.6. The molecule has 0 aliphatic carbocycles. The summed E-state index contributed by atoms with van der Waals surface area (Å²) in [5.74, 6) is 0. The molecule has 2 aromatic rings. The average Bonchev–Trinajstić information content (AvgIpc) is 2.93. The summed E-state index contributed by atoms with van der Waals surface area (Å²) >= 11 is 1.28. The first-order valence-electron chi connectivity index (χ1n) is 7.01. The molecule has 0 radical (unpaired) electrons. The fourth-order valence-corrected chi connectivity index (χ4v) is 5.18. The minimum absolute atomic E-state index is 0.440. The molecule has 3 rings (SSSR count). The van der Waals surface area contributed by atoms with E-state index in [0.717, 1.165) is 25.2 Å². The highest BCUT2D eigenvalue weighted by atomic mass is 32.2. The molecule has 112 valence electrons. The van der Waals surface area contributed by atoms with Crippen LogP contribution in [0.4, 0.5) is 5.69 Å². The number of para-hydroxylation sites is 1. The Hall–Kier alpha value is -1.37. The van der Waals surface area contributed by atoms with E-state index in [0.29, 0.717) is 17.3 Å². The molecule has 1 aromatic carbocycles. The van der Waals surface area contributed by atoms with Gasteiger partial charge in [-0.05, 0) is 30.0 Å². The van der Waals surface area contributed by atoms with Gasteiger partial charge in [-0.25, -0.2) is 8.42 Å². The van der Waals surface area contributed by atoms with Gasteiger partial charge >= 0.3 is 0 Å². The van der Waals surface area contributed by atoms with Crippen LogP contribution < -0.4 is 4.90 Å². The number of anilines is 1. The molecule has 1 aromatic heterocycles. The highest BCUT2D eigenvalue weighted by Crippen LogP contribution is 2.23. The van der Waals surface area contributed by atoms with Crippen LogP contribution in [0.15, 0.2) is 52.1 Å². The van der Waals surface area contributed by atoms with E-state index in [1.807, 2.05) is 18.2 Å². The molecular weight excluding hydrogens is 304 g/mol. The zero-order chi connectivity index (χ0) is 14.7. The van der Waals surface area contributed by atoms with Crippen molar-refractivity contribution in [3.8, 4) is 0 Å². The van der Waals surface area contributed by atoms with Crippen molar-refractivity contribution >= 4 is 27.0 Å². The second kappa shape index (κ2) is 6.17. The Morgan fingerprint density at radius 2 is 1.71 bits per heavy atom. The molecule has 0 amide bonds. The van der Waals surface area contributed by atoms with E-state index < -0.39 is 10.0 Å². The monoisotopic (exact) mass is 322 g/mol. The van der Waals surface area contributed by atoms with Gasteiger partial charge in [-0.3, -0.25) is 0 Å². The first-order valence-corrected chi connectivity index (χ1v) is 9.33. The summed E-state index contributed by atoms with van der Waals surface area (Å²) in [5, 5.41) is 1.81. The van der Waals surface area contributed by atoms with Crippen LogP contribution in [0.3, 0.4) is 0 Å². The van der Waals surface area contributed by atoms with Gasteiger partial charge in [0.1, 0.15) is 4.21 Å². The maximum Gasteiger partial charge on any atom is 0.252 e. The second-order valence-corrected chi connectivity index (χ2v) is 8.12. The summed E-state index contributed by atoms with van der Waals surface area (Å²) in [7, 11) is -3.32. The van der Waals surface area contributed by atoms with Crippen molar-refractivity contribution in [1.82, 2.24) is 4.31 Å². The van der Waals surface area contributed by atoms with E-state index in [2.05, 4.69) is 17.0 Å². The molecule has 0 saturated carbocycles. The van der Waals surface area contributed by atoms with E-state index in [1.54, 1.807) is 21.8 Å². The van der Waals surface area contributed by atoms with Gasteiger partial charge in [-0.15, -0.1) is 11.3 Å². The predicted molar refractivity (Wildman–Crippen MR) is 86.3 cm³/mol. The lowest BCUT2D eigenvalue weighted by Gasteiger charge is -2.23.